The average Bonchev–Trinajstić information content (AvgIpc) is 2.20. The van der Waals surface area contributed by atoms with Gasteiger partial charge in [0.1, 0.15) is 5.82 Å². The molecule has 0 saturated carbocycles. The lowest BCUT2D eigenvalue weighted by Crippen LogP contribution is -2.12. The number of ether oxygens (including phenoxy) is 1. The SMILES string of the molecule is COC(=O)C(C)c1cccc(Br)c1F. The summed E-state index contributed by atoms with van der Waals surface area (Å²) in [7, 11) is 1.29. The third kappa shape index (κ3) is 2.12. The van der Waals surface area contributed by atoms with Gasteiger partial charge in [0.05, 0.1) is 17.5 Å². The fourth-order valence-electron chi connectivity index (χ4n) is 1.16. The van der Waals surface area contributed by atoms with Gasteiger partial charge in [0.15, 0.2) is 0 Å². The molecule has 4 heteroatoms. The van der Waals surface area contributed by atoms with Crippen LogP contribution in [0.25, 0.3) is 0 Å². The molecule has 0 aromatic heterocycles. The van der Waals surface area contributed by atoms with Crippen LogP contribution in [0.15, 0.2) is 22.7 Å². The molecule has 0 heterocycles. The third-order valence-electron chi connectivity index (χ3n) is 2.00. The van der Waals surface area contributed by atoms with E-state index in [2.05, 4.69) is 20.7 Å². The number of carbonyl (C=O) groups excluding carboxylic acids is 1. The van der Waals surface area contributed by atoms with Crippen LogP contribution < -0.4 is 0 Å². The van der Waals surface area contributed by atoms with Crippen molar-refractivity contribution in [1.82, 2.24) is 0 Å². The summed E-state index contributed by atoms with van der Waals surface area (Å²) in [5.41, 5.74) is 0.339. The van der Waals surface area contributed by atoms with Crippen molar-refractivity contribution in [3.8, 4) is 0 Å². The number of carbonyl (C=O) groups is 1. The Morgan fingerprint density at radius 1 is 1.57 bits per heavy atom. The first-order valence-electron chi connectivity index (χ1n) is 4.09. The third-order valence-corrected chi connectivity index (χ3v) is 2.62. The van der Waals surface area contributed by atoms with Gasteiger partial charge < -0.3 is 4.74 Å². The van der Waals surface area contributed by atoms with E-state index < -0.39 is 17.7 Å². The zero-order valence-corrected chi connectivity index (χ0v) is 9.47. The highest BCUT2D eigenvalue weighted by atomic mass is 79.9. The number of methoxy groups -OCH3 is 1. The molecule has 0 fully saturated rings. The number of benzene rings is 1. The first-order valence-corrected chi connectivity index (χ1v) is 4.89. The zero-order valence-electron chi connectivity index (χ0n) is 7.88. The van der Waals surface area contributed by atoms with E-state index in [1.54, 1.807) is 25.1 Å². The normalized spacial score (nSPS) is 12.3. The highest BCUT2D eigenvalue weighted by molar-refractivity contribution is 9.10. The van der Waals surface area contributed by atoms with Gasteiger partial charge in [-0.1, -0.05) is 12.1 Å². The zero-order chi connectivity index (χ0) is 10.7. The van der Waals surface area contributed by atoms with Gasteiger partial charge in [0, 0.05) is 5.56 Å². The first kappa shape index (κ1) is 11.2. The van der Waals surface area contributed by atoms with Crippen molar-refractivity contribution >= 4 is 21.9 Å². The predicted molar refractivity (Wildman–Crippen MR) is 54.5 cm³/mol. The molecule has 1 atom stereocenters. The molecule has 0 spiro atoms. The Morgan fingerprint density at radius 3 is 2.79 bits per heavy atom. The minimum absolute atomic E-state index is 0.339. The molecular weight excluding hydrogens is 251 g/mol. The molecule has 1 unspecified atom stereocenters. The van der Waals surface area contributed by atoms with Crippen LogP contribution in [-0.2, 0) is 9.53 Å². The van der Waals surface area contributed by atoms with Crippen LogP contribution in [0.5, 0.6) is 0 Å². The summed E-state index contributed by atoms with van der Waals surface area (Å²) in [6.45, 7) is 1.61. The largest absolute Gasteiger partial charge is 0.469 e. The number of hydrogen-bond acceptors (Lipinski definition) is 2. The highest BCUT2D eigenvalue weighted by Crippen LogP contribution is 2.25. The monoisotopic (exact) mass is 260 g/mol. The second-order valence-corrected chi connectivity index (χ2v) is 3.74. The first-order chi connectivity index (χ1) is 6.57. The Labute approximate surface area is 90.2 Å². The minimum Gasteiger partial charge on any atom is -0.469 e. The highest BCUT2D eigenvalue weighted by Gasteiger charge is 2.20. The van der Waals surface area contributed by atoms with Crippen molar-refractivity contribution in [3.63, 3.8) is 0 Å². The molecule has 0 N–H and O–H groups in total. The Kier molecular flexibility index (Phi) is 3.63. The minimum atomic E-state index is -0.586. The molecule has 76 valence electrons. The lowest BCUT2D eigenvalue weighted by molar-refractivity contribution is -0.142. The van der Waals surface area contributed by atoms with E-state index in [1.165, 1.54) is 7.11 Å². The second kappa shape index (κ2) is 4.55. The summed E-state index contributed by atoms with van der Waals surface area (Å²) >= 11 is 3.06. The molecule has 0 amide bonds. The predicted octanol–water partition coefficient (Wildman–Crippen LogP) is 2.86. The molecule has 0 aliphatic heterocycles. The van der Waals surface area contributed by atoms with E-state index in [-0.39, 0.29) is 0 Å². The van der Waals surface area contributed by atoms with E-state index in [9.17, 15) is 9.18 Å². The van der Waals surface area contributed by atoms with Crippen LogP contribution >= 0.6 is 15.9 Å². The molecular formula is C10H10BrFO2. The van der Waals surface area contributed by atoms with Crippen molar-refractivity contribution < 1.29 is 13.9 Å². The van der Waals surface area contributed by atoms with Crippen LogP contribution in [0.1, 0.15) is 18.4 Å². The molecule has 14 heavy (non-hydrogen) atoms. The van der Waals surface area contributed by atoms with Gasteiger partial charge in [-0.05, 0) is 28.9 Å². The molecule has 2 nitrogen and oxygen atoms in total. The topological polar surface area (TPSA) is 26.3 Å². The van der Waals surface area contributed by atoms with Crippen molar-refractivity contribution in [2.24, 2.45) is 0 Å². The van der Waals surface area contributed by atoms with E-state index in [4.69, 9.17) is 0 Å². The number of hydrogen-bond donors (Lipinski definition) is 0. The molecule has 0 bridgehead atoms. The van der Waals surface area contributed by atoms with Crippen molar-refractivity contribution in [2.45, 2.75) is 12.8 Å². The van der Waals surface area contributed by atoms with E-state index >= 15 is 0 Å². The van der Waals surface area contributed by atoms with Crippen molar-refractivity contribution in [1.29, 1.82) is 0 Å². The summed E-state index contributed by atoms with van der Waals surface area (Å²) in [4.78, 5) is 11.2. The Hall–Kier alpha value is -0.900. The molecule has 0 aliphatic rings. The average molecular weight is 261 g/mol. The van der Waals surface area contributed by atoms with Crippen LogP contribution in [0, 0.1) is 5.82 Å². The van der Waals surface area contributed by atoms with Gasteiger partial charge in [-0.15, -0.1) is 0 Å². The van der Waals surface area contributed by atoms with Crippen LogP contribution in [0.3, 0.4) is 0 Å². The van der Waals surface area contributed by atoms with E-state index in [0.717, 1.165) is 0 Å². The summed E-state index contributed by atoms with van der Waals surface area (Å²) < 4.78 is 18.4. The summed E-state index contributed by atoms with van der Waals surface area (Å²) in [6.07, 6.45) is 0. The smallest absolute Gasteiger partial charge is 0.312 e. The van der Waals surface area contributed by atoms with Gasteiger partial charge in [0.25, 0.3) is 0 Å². The molecule has 0 radical (unpaired) electrons. The van der Waals surface area contributed by atoms with Crippen LogP contribution in [0.4, 0.5) is 4.39 Å². The number of esters is 1. The quantitative estimate of drug-likeness (QED) is 0.765. The molecule has 1 rings (SSSR count). The molecule has 0 saturated heterocycles. The van der Waals surface area contributed by atoms with E-state index in [0.29, 0.717) is 10.0 Å². The molecule has 0 aliphatic carbocycles. The fraction of sp³-hybridized carbons (Fsp3) is 0.300. The maximum atomic E-state index is 13.5. The lowest BCUT2D eigenvalue weighted by atomic mass is 10.0. The summed E-state index contributed by atoms with van der Waals surface area (Å²) in [6, 6.07) is 4.84. The number of rotatable bonds is 2. The van der Waals surface area contributed by atoms with Gasteiger partial charge in [-0.25, -0.2) is 4.39 Å². The maximum absolute atomic E-state index is 13.5. The molecule has 1 aromatic rings. The lowest BCUT2D eigenvalue weighted by Gasteiger charge is -2.10. The fourth-order valence-corrected chi connectivity index (χ4v) is 1.54. The molecule has 1 aromatic carbocycles. The van der Waals surface area contributed by atoms with Crippen molar-refractivity contribution in [3.05, 3.63) is 34.1 Å². The van der Waals surface area contributed by atoms with Gasteiger partial charge >= 0.3 is 5.97 Å². The van der Waals surface area contributed by atoms with Gasteiger partial charge in [-0.2, -0.15) is 0 Å². The van der Waals surface area contributed by atoms with Crippen LogP contribution in [0.2, 0.25) is 0 Å². The second-order valence-electron chi connectivity index (χ2n) is 2.89. The standard InChI is InChI=1S/C10H10BrFO2/c1-6(10(13)14-2)7-4-3-5-8(11)9(7)12/h3-6H,1-2H3. The summed E-state index contributed by atoms with van der Waals surface area (Å²) in [5.74, 6) is -1.44. The van der Waals surface area contributed by atoms with E-state index in [1.807, 2.05) is 0 Å². The maximum Gasteiger partial charge on any atom is 0.312 e. The number of halogens is 2. The van der Waals surface area contributed by atoms with Gasteiger partial charge in [-0.3, -0.25) is 4.79 Å². The van der Waals surface area contributed by atoms with Crippen LogP contribution in [-0.4, -0.2) is 13.1 Å². The Bertz CT molecular complexity index is 352. The summed E-state index contributed by atoms with van der Waals surface area (Å²) in [5, 5.41) is 0. The van der Waals surface area contributed by atoms with Crippen molar-refractivity contribution in [2.75, 3.05) is 7.11 Å². The Balaban J connectivity index is 3.07. The van der Waals surface area contributed by atoms with Gasteiger partial charge in [0.2, 0.25) is 0 Å². The Morgan fingerprint density at radius 2 is 2.21 bits per heavy atom.